The number of aromatic amines is 1. The number of pyridine rings is 1. The van der Waals surface area contributed by atoms with Crippen molar-refractivity contribution in [2.45, 2.75) is 38.0 Å². The molecule has 2 heterocycles. The first-order chi connectivity index (χ1) is 14.4. The number of nitrogens with one attached hydrogen (secondary N) is 1. The van der Waals surface area contributed by atoms with Gasteiger partial charge in [0.1, 0.15) is 5.82 Å². The fourth-order valence-electron chi connectivity index (χ4n) is 4.39. The summed E-state index contributed by atoms with van der Waals surface area (Å²) in [4.78, 5) is 12.7. The molecule has 0 atom stereocenters. The smallest absolute Gasteiger partial charge is 0.138 e. The fraction of sp³-hybridized carbons (Fsp3) is 0.231. The quantitative estimate of drug-likeness (QED) is 0.421. The highest BCUT2D eigenvalue weighted by Gasteiger charge is 2.18. The van der Waals surface area contributed by atoms with Crippen molar-refractivity contribution in [1.29, 1.82) is 0 Å². The lowest BCUT2D eigenvalue weighted by molar-refractivity contribution is 0.443. The lowest BCUT2D eigenvalue weighted by Gasteiger charge is -2.22. The number of hydrogen-bond acceptors (Lipinski definition) is 2. The van der Waals surface area contributed by atoms with Crippen LogP contribution in [-0.2, 0) is 0 Å². The maximum absolute atomic E-state index is 4.99. The molecular formula is C26H25N3. The van der Waals surface area contributed by atoms with Crippen molar-refractivity contribution in [3.05, 3.63) is 84.7 Å². The van der Waals surface area contributed by atoms with Gasteiger partial charge in [0.05, 0.1) is 11.4 Å². The van der Waals surface area contributed by atoms with E-state index in [2.05, 4.69) is 46.4 Å². The minimum atomic E-state index is 0.719. The van der Waals surface area contributed by atoms with E-state index in [1.165, 1.54) is 37.7 Å². The number of rotatable bonds is 4. The molecule has 3 nitrogen and oxygen atoms in total. The molecule has 1 aliphatic carbocycles. The highest BCUT2D eigenvalue weighted by atomic mass is 14.9. The first kappa shape index (κ1) is 17.9. The van der Waals surface area contributed by atoms with Crippen LogP contribution >= 0.6 is 0 Å². The van der Waals surface area contributed by atoms with E-state index in [0.29, 0.717) is 0 Å². The summed E-state index contributed by atoms with van der Waals surface area (Å²) in [6, 6.07) is 23.4. The summed E-state index contributed by atoms with van der Waals surface area (Å²) in [5.41, 5.74) is 6.84. The molecule has 0 radical (unpaired) electrons. The van der Waals surface area contributed by atoms with Crippen LogP contribution in [0.4, 0.5) is 0 Å². The molecule has 1 saturated carbocycles. The Labute approximate surface area is 171 Å². The molecule has 1 N–H and O–H groups in total. The van der Waals surface area contributed by atoms with E-state index in [0.717, 1.165) is 39.8 Å². The molecule has 144 valence electrons. The molecule has 0 spiro atoms. The van der Waals surface area contributed by atoms with Crippen molar-refractivity contribution < 1.29 is 0 Å². The van der Waals surface area contributed by atoms with Gasteiger partial charge < -0.3 is 4.98 Å². The van der Waals surface area contributed by atoms with E-state index in [4.69, 9.17) is 4.98 Å². The maximum Gasteiger partial charge on any atom is 0.138 e. The van der Waals surface area contributed by atoms with Crippen LogP contribution in [0.2, 0.25) is 0 Å². The SMILES string of the molecule is c1ccc(-c2nc(-c3ccc(C4CCCCC4)cc3)c(-c3ccncc3)[nH]2)cc1. The third-order valence-electron chi connectivity index (χ3n) is 5.98. The second kappa shape index (κ2) is 8.04. The van der Waals surface area contributed by atoms with Gasteiger partial charge in [-0.05, 0) is 36.5 Å². The summed E-state index contributed by atoms with van der Waals surface area (Å²) >= 11 is 0. The van der Waals surface area contributed by atoms with Crippen molar-refractivity contribution in [3.63, 3.8) is 0 Å². The van der Waals surface area contributed by atoms with E-state index in [-0.39, 0.29) is 0 Å². The molecular weight excluding hydrogens is 354 g/mol. The molecule has 0 saturated heterocycles. The Balaban J connectivity index is 1.55. The molecule has 29 heavy (non-hydrogen) atoms. The number of hydrogen-bond donors (Lipinski definition) is 1. The van der Waals surface area contributed by atoms with Crippen LogP contribution < -0.4 is 0 Å². The second-order valence-corrected chi connectivity index (χ2v) is 7.87. The van der Waals surface area contributed by atoms with Crippen LogP contribution in [0.3, 0.4) is 0 Å². The molecule has 5 rings (SSSR count). The summed E-state index contributed by atoms with van der Waals surface area (Å²) in [7, 11) is 0. The summed E-state index contributed by atoms with van der Waals surface area (Å²) < 4.78 is 0. The van der Waals surface area contributed by atoms with Crippen LogP contribution in [0, 0.1) is 0 Å². The van der Waals surface area contributed by atoms with Gasteiger partial charge >= 0.3 is 0 Å². The van der Waals surface area contributed by atoms with Gasteiger partial charge in [-0.3, -0.25) is 4.98 Å². The summed E-state index contributed by atoms with van der Waals surface area (Å²) in [5, 5.41) is 0. The van der Waals surface area contributed by atoms with Crippen molar-refractivity contribution in [3.8, 4) is 33.9 Å². The molecule has 3 heteroatoms. The molecule has 0 unspecified atom stereocenters. The van der Waals surface area contributed by atoms with Crippen molar-refractivity contribution in [2.75, 3.05) is 0 Å². The third-order valence-corrected chi connectivity index (χ3v) is 5.98. The first-order valence-electron chi connectivity index (χ1n) is 10.5. The average molecular weight is 380 g/mol. The summed E-state index contributed by atoms with van der Waals surface area (Å²) in [6.45, 7) is 0. The maximum atomic E-state index is 4.99. The van der Waals surface area contributed by atoms with E-state index >= 15 is 0 Å². The predicted octanol–water partition coefficient (Wildman–Crippen LogP) is 6.85. The number of benzene rings is 2. The Morgan fingerprint density at radius 2 is 1.41 bits per heavy atom. The van der Waals surface area contributed by atoms with Crippen LogP contribution in [0.25, 0.3) is 33.9 Å². The van der Waals surface area contributed by atoms with Crippen LogP contribution in [0.15, 0.2) is 79.1 Å². The zero-order valence-corrected chi connectivity index (χ0v) is 16.5. The molecule has 0 aliphatic heterocycles. The first-order valence-corrected chi connectivity index (χ1v) is 10.5. The van der Waals surface area contributed by atoms with Crippen LogP contribution in [0.5, 0.6) is 0 Å². The largest absolute Gasteiger partial charge is 0.337 e. The molecule has 1 fully saturated rings. The molecule has 2 aromatic carbocycles. The standard InChI is InChI=1S/C26H25N3/c1-3-7-19(8-4-1)20-11-13-21(14-12-20)24-25(22-15-17-27-18-16-22)29-26(28-24)23-9-5-2-6-10-23/h2,5-6,9-19H,1,3-4,7-8H2,(H,28,29). The lowest BCUT2D eigenvalue weighted by atomic mass is 9.84. The highest BCUT2D eigenvalue weighted by Crippen LogP contribution is 2.36. The lowest BCUT2D eigenvalue weighted by Crippen LogP contribution is -2.04. The normalized spacial score (nSPS) is 14.8. The summed E-state index contributed by atoms with van der Waals surface area (Å²) in [5.74, 6) is 1.61. The number of H-pyrrole nitrogens is 1. The number of nitrogens with zero attached hydrogens (tertiary/aromatic N) is 2. The van der Waals surface area contributed by atoms with E-state index in [1.54, 1.807) is 0 Å². The molecule has 2 aromatic heterocycles. The van der Waals surface area contributed by atoms with Gasteiger partial charge in [-0.15, -0.1) is 0 Å². The molecule has 1 aliphatic rings. The third kappa shape index (κ3) is 3.73. The Kier molecular flexibility index (Phi) is 4.95. The van der Waals surface area contributed by atoms with Gasteiger partial charge in [-0.1, -0.05) is 73.9 Å². The molecule has 0 bridgehead atoms. The minimum absolute atomic E-state index is 0.719. The molecule has 4 aromatic rings. The highest BCUT2D eigenvalue weighted by molar-refractivity contribution is 5.81. The number of aromatic nitrogens is 3. The average Bonchev–Trinajstić information content (AvgIpc) is 3.27. The number of imidazole rings is 1. The predicted molar refractivity (Wildman–Crippen MR) is 119 cm³/mol. The Hall–Kier alpha value is -3.20. The summed E-state index contributed by atoms with van der Waals surface area (Å²) in [6.07, 6.45) is 10.4. The van der Waals surface area contributed by atoms with Gasteiger partial charge in [0.15, 0.2) is 0 Å². The van der Waals surface area contributed by atoms with E-state index in [1.807, 2.05) is 42.7 Å². The van der Waals surface area contributed by atoms with Gasteiger partial charge in [0.2, 0.25) is 0 Å². The fourth-order valence-corrected chi connectivity index (χ4v) is 4.39. The van der Waals surface area contributed by atoms with E-state index < -0.39 is 0 Å². The Bertz CT molecular complexity index is 1060. The van der Waals surface area contributed by atoms with Crippen LogP contribution in [-0.4, -0.2) is 15.0 Å². The monoisotopic (exact) mass is 379 g/mol. The molecule has 0 amide bonds. The van der Waals surface area contributed by atoms with Gasteiger partial charge in [0, 0.05) is 29.1 Å². The zero-order valence-electron chi connectivity index (χ0n) is 16.5. The van der Waals surface area contributed by atoms with Gasteiger partial charge in [-0.25, -0.2) is 4.98 Å². The van der Waals surface area contributed by atoms with Crippen molar-refractivity contribution >= 4 is 0 Å². The topological polar surface area (TPSA) is 41.6 Å². The Morgan fingerprint density at radius 1 is 0.690 bits per heavy atom. The van der Waals surface area contributed by atoms with Gasteiger partial charge in [0.25, 0.3) is 0 Å². The van der Waals surface area contributed by atoms with E-state index in [9.17, 15) is 0 Å². The zero-order chi connectivity index (χ0) is 19.5. The second-order valence-electron chi connectivity index (χ2n) is 7.87. The van der Waals surface area contributed by atoms with Gasteiger partial charge in [-0.2, -0.15) is 0 Å². The Morgan fingerprint density at radius 3 is 2.14 bits per heavy atom. The minimum Gasteiger partial charge on any atom is -0.337 e. The van der Waals surface area contributed by atoms with Crippen LogP contribution in [0.1, 0.15) is 43.6 Å². The van der Waals surface area contributed by atoms with Crippen molar-refractivity contribution in [2.24, 2.45) is 0 Å². The van der Waals surface area contributed by atoms with Crippen molar-refractivity contribution in [1.82, 2.24) is 15.0 Å².